The van der Waals surface area contributed by atoms with Crippen molar-refractivity contribution in [2.75, 3.05) is 18.9 Å². The number of nitrogens with zero attached hydrogens (tertiary/aromatic N) is 4. The molecule has 0 bridgehead atoms. The number of aliphatic hydroxyl groups is 1. The van der Waals surface area contributed by atoms with Gasteiger partial charge in [-0.3, -0.25) is 18.1 Å². The van der Waals surface area contributed by atoms with Gasteiger partial charge in [0, 0.05) is 0 Å². The number of phosphoric acid groups is 2. The van der Waals surface area contributed by atoms with Crippen LogP contribution < -0.4 is 5.73 Å². The van der Waals surface area contributed by atoms with Crippen LogP contribution in [0.2, 0.25) is 0 Å². The summed E-state index contributed by atoms with van der Waals surface area (Å²) in [6.45, 7) is 0.540. The molecular formula is C12H19N5O10P2. The number of phosphoric ester groups is 2. The average molecular weight is 455 g/mol. The third-order valence-electron chi connectivity index (χ3n) is 3.92. The Labute approximate surface area is 163 Å². The molecule has 6 N–H and O–H groups in total. The van der Waals surface area contributed by atoms with Gasteiger partial charge in [0.25, 0.3) is 0 Å². The first-order chi connectivity index (χ1) is 13.5. The Morgan fingerprint density at radius 3 is 2.62 bits per heavy atom. The first-order valence-electron chi connectivity index (χ1n) is 8.14. The number of nitrogen functional groups attached to an aromatic ring is 1. The fraction of sp³-hybridized carbons (Fsp3) is 0.583. The highest BCUT2D eigenvalue weighted by Gasteiger charge is 2.49. The lowest BCUT2D eigenvalue weighted by Gasteiger charge is -2.22. The van der Waals surface area contributed by atoms with E-state index in [1.54, 1.807) is 0 Å². The van der Waals surface area contributed by atoms with E-state index in [9.17, 15) is 19.1 Å². The number of hydrogen-bond donors (Lipinski definition) is 5. The van der Waals surface area contributed by atoms with E-state index in [4.69, 9.17) is 24.8 Å². The van der Waals surface area contributed by atoms with Crippen molar-refractivity contribution in [3.05, 3.63) is 12.7 Å². The summed E-state index contributed by atoms with van der Waals surface area (Å²) in [6.07, 6.45) is -3.32. The largest absolute Gasteiger partial charge is 0.472 e. The molecular weight excluding hydrogens is 436 g/mol. The smallest absolute Gasteiger partial charge is 0.386 e. The molecule has 15 nitrogen and oxygen atoms in total. The summed E-state index contributed by atoms with van der Waals surface area (Å²) in [6, 6.07) is 0. The molecule has 162 valence electrons. The Kier molecular flexibility index (Phi) is 6.36. The van der Waals surface area contributed by atoms with E-state index >= 15 is 0 Å². The molecule has 0 saturated carbocycles. The van der Waals surface area contributed by atoms with Gasteiger partial charge in [0.05, 0.1) is 19.5 Å². The van der Waals surface area contributed by atoms with Gasteiger partial charge in [-0.1, -0.05) is 0 Å². The van der Waals surface area contributed by atoms with Crippen LogP contribution >= 0.6 is 15.6 Å². The van der Waals surface area contributed by atoms with E-state index in [2.05, 4.69) is 24.0 Å². The zero-order valence-electron chi connectivity index (χ0n) is 14.9. The topological polar surface area (TPSA) is 222 Å². The minimum Gasteiger partial charge on any atom is -0.386 e. The number of aromatic nitrogens is 4. The first-order valence-corrected chi connectivity index (χ1v) is 11.2. The van der Waals surface area contributed by atoms with Crippen LogP contribution in [0.1, 0.15) is 13.2 Å². The van der Waals surface area contributed by atoms with Gasteiger partial charge in [-0.2, -0.15) is 0 Å². The fourth-order valence-electron chi connectivity index (χ4n) is 2.79. The lowest BCUT2D eigenvalue weighted by molar-refractivity contribution is -0.0504. The second-order valence-electron chi connectivity index (χ2n) is 5.88. The van der Waals surface area contributed by atoms with Gasteiger partial charge in [0.2, 0.25) is 0 Å². The monoisotopic (exact) mass is 455 g/mol. The SMILES string of the molecule is CCOP(=O)(O)O[C@H]1[C@@H](O)[C@H](n2cnc3c(N)ncnc32)O[C@@H]1COP(=O)(O)O. The number of nitrogens with two attached hydrogens (primary N) is 1. The number of hydrogen-bond acceptors (Lipinski definition) is 11. The van der Waals surface area contributed by atoms with Crippen LogP contribution in [0, 0.1) is 0 Å². The van der Waals surface area contributed by atoms with Crippen molar-refractivity contribution in [1.82, 2.24) is 19.5 Å². The van der Waals surface area contributed by atoms with Crippen molar-refractivity contribution in [3.8, 4) is 0 Å². The molecule has 0 aliphatic carbocycles. The molecule has 0 aromatic carbocycles. The molecule has 0 spiro atoms. The summed E-state index contributed by atoms with van der Waals surface area (Å²) in [5, 5.41) is 10.7. The van der Waals surface area contributed by atoms with E-state index in [1.807, 2.05) is 0 Å². The number of ether oxygens (including phenoxy) is 1. The number of rotatable bonds is 8. The van der Waals surface area contributed by atoms with Gasteiger partial charge >= 0.3 is 15.6 Å². The van der Waals surface area contributed by atoms with Crippen LogP contribution in [-0.2, 0) is 27.4 Å². The van der Waals surface area contributed by atoms with E-state index in [0.717, 1.165) is 6.33 Å². The summed E-state index contributed by atoms with van der Waals surface area (Å²) in [5.74, 6) is 0.0756. The molecule has 1 fully saturated rings. The highest BCUT2D eigenvalue weighted by atomic mass is 31.2. The van der Waals surface area contributed by atoms with Crippen molar-refractivity contribution in [2.24, 2.45) is 0 Å². The maximum atomic E-state index is 12.0. The summed E-state index contributed by atoms with van der Waals surface area (Å²) in [7, 11) is -9.49. The zero-order valence-corrected chi connectivity index (χ0v) is 16.7. The lowest BCUT2D eigenvalue weighted by atomic mass is 10.1. The van der Waals surface area contributed by atoms with Crippen molar-refractivity contribution in [3.63, 3.8) is 0 Å². The molecule has 0 radical (unpaired) electrons. The third kappa shape index (κ3) is 4.98. The van der Waals surface area contributed by atoms with Crippen LogP contribution in [0.15, 0.2) is 12.7 Å². The molecule has 0 amide bonds. The summed E-state index contributed by atoms with van der Waals surface area (Å²) < 4.78 is 43.9. The third-order valence-corrected chi connectivity index (χ3v) is 5.50. The molecule has 5 atom stereocenters. The van der Waals surface area contributed by atoms with E-state index in [-0.39, 0.29) is 23.6 Å². The van der Waals surface area contributed by atoms with E-state index in [1.165, 1.54) is 17.8 Å². The van der Waals surface area contributed by atoms with Gasteiger partial charge < -0.3 is 30.3 Å². The van der Waals surface area contributed by atoms with Gasteiger partial charge in [-0.05, 0) is 6.92 Å². The Morgan fingerprint density at radius 1 is 1.24 bits per heavy atom. The number of anilines is 1. The normalized spacial score (nSPS) is 27.3. The highest BCUT2D eigenvalue weighted by Crippen LogP contribution is 2.49. The van der Waals surface area contributed by atoms with Crippen molar-refractivity contribution in [2.45, 2.75) is 31.5 Å². The maximum absolute atomic E-state index is 12.0. The quantitative estimate of drug-likeness (QED) is 0.311. The average Bonchev–Trinajstić information content (AvgIpc) is 3.15. The Balaban J connectivity index is 1.91. The molecule has 1 aliphatic rings. The number of imidazole rings is 1. The molecule has 1 unspecified atom stereocenters. The minimum atomic E-state index is -4.89. The van der Waals surface area contributed by atoms with Gasteiger partial charge in [0.1, 0.15) is 30.2 Å². The Hall–Kier alpha value is -1.51. The van der Waals surface area contributed by atoms with Crippen LogP contribution in [0.25, 0.3) is 11.2 Å². The van der Waals surface area contributed by atoms with Crippen molar-refractivity contribution in [1.29, 1.82) is 0 Å². The van der Waals surface area contributed by atoms with E-state index in [0.29, 0.717) is 0 Å². The highest BCUT2D eigenvalue weighted by molar-refractivity contribution is 7.47. The van der Waals surface area contributed by atoms with Crippen LogP contribution in [0.5, 0.6) is 0 Å². The molecule has 1 aliphatic heterocycles. The Morgan fingerprint density at radius 2 is 1.97 bits per heavy atom. The van der Waals surface area contributed by atoms with Crippen LogP contribution in [-0.4, -0.2) is 70.8 Å². The van der Waals surface area contributed by atoms with Crippen LogP contribution in [0.3, 0.4) is 0 Å². The minimum absolute atomic E-state index is 0.0756. The first kappa shape index (κ1) is 22.2. The summed E-state index contributed by atoms with van der Waals surface area (Å²) >= 11 is 0. The van der Waals surface area contributed by atoms with Gasteiger partial charge in [-0.15, -0.1) is 0 Å². The Bertz CT molecular complexity index is 966. The van der Waals surface area contributed by atoms with Gasteiger partial charge in [0.15, 0.2) is 17.7 Å². The maximum Gasteiger partial charge on any atom is 0.472 e. The fourth-order valence-corrected chi connectivity index (χ4v) is 4.08. The second-order valence-corrected chi connectivity index (χ2v) is 8.53. The summed E-state index contributed by atoms with van der Waals surface area (Å²) in [4.78, 5) is 39.4. The van der Waals surface area contributed by atoms with Crippen LogP contribution in [0.4, 0.5) is 5.82 Å². The lowest BCUT2D eigenvalue weighted by Crippen LogP contribution is -2.36. The standard InChI is InChI=1S/C12H19N5O10P2/c1-2-24-29(22,23)27-9-6(3-25-28(19,20)21)26-12(8(9)18)17-5-16-7-10(13)14-4-15-11(7)17/h4-6,8-9,12,18H,2-3H2,1H3,(H,22,23)(H2,13,14,15)(H2,19,20,21)/t6-,8-,9-,12-/m1/s1. The molecule has 29 heavy (non-hydrogen) atoms. The predicted molar refractivity (Wildman–Crippen MR) is 94.0 cm³/mol. The van der Waals surface area contributed by atoms with E-state index < -0.39 is 46.8 Å². The van der Waals surface area contributed by atoms with Gasteiger partial charge in [-0.25, -0.2) is 24.1 Å². The molecule has 2 aromatic rings. The zero-order chi connectivity index (χ0) is 21.4. The molecule has 1 saturated heterocycles. The van der Waals surface area contributed by atoms with Crippen molar-refractivity contribution >= 4 is 32.6 Å². The molecule has 17 heteroatoms. The number of fused-ring (bicyclic) bond motifs is 1. The second kappa shape index (κ2) is 8.32. The molecule has 2 aromatic heterocycles. The number of aliphatic hydroxyl groups excluding tert-OH is 1. The predicted octanol–water partition coefficient (Wildman–Crippen LogP) is -0.702. The molecule has 3 rings (SSSR count). The van der Waals surface area contributed by atoms with Crippen molar-refractivity contribution < 1.29 is 47.2 Å². The summed E-state index contributed by atoms with van der Waals surface area (Å²) in [5.41, 5.74) is 6.13. The molecule has 3 heterocycles.